The van der Waals surface area contributed by atoms with Crippen molar-refractivity contribution in [3.05, 3.63) is 64.4 Å². The van der Waals surface area contributed by atoms with Crippen molar-refractivity contribution >= 4 is 11.6 Å². The third kappa shape index (κ3) is 3.50. The molecule has 0 bridgehead atoms. The molecule has 0 fully saturated rings. The number of rotatable bonds is 5. The average Bonchev–Trinajstić information content (AvgIpc) is 2.46. The van der Waals surface area contributed by atoms with E-state index in [0.717, 1.165) is 5.56 Å². The maximum atomic E-state index is 13.5. The fraction of sp³-hybridized carbons (Fsp3) is 0.250. The van der Waals surface area contributed by atoms with Gasteiger partial charge in [0.25, 0.3) is 0 Å². The monoisotopic (exact) mass is 293 g/mol. The molecule has 0 saturated carbocycles. The van der Waals surface area contributed by atoms with Crippen LogP contribution in [0, 0.1) is 5.82 Å². The van der Waals surface area contributed by atoms with Crippen LogP contribution < -0.4 is 10.1 Å². The number of hydrogen-bond acceptors (Lipinski definition) is 2. The van der Waals surface area contributed by atoms with Crippen molar-refractivity contribution in [3.63, 3.8) is 0 Å². The normalized spacial score (nSPS) is 12.2. The zero-order chi connectivity index (χ0) is 14.5. The summed E-state index contributed by atoms with van der Waals surface area (Å²) in [7, 11) is 1.89. The van der Waals surface area contributed by atoms with Crippen molar-refractivity contribution < 1.29 is 9.13 Å². The summed E-state index contributed by atoms with van der Waals surface area (Å²) in [5, 5.41) is 3.67. The molecular weight excluding hydrogens is 277 g/mol. The summed E-state index contributed by atoms with van der Waals surface area (Å²) < 4.78 is 19.1. The van der Waals surface area contributed by atoms with Crippen molar-refractivity contribution in [1.82, 2.24) is 5.32 Å². The van der Waals surface area contributed by atoms with Crippen LogP contribution in [-0.2, 0) is 6.61 Å². The van der Waals surface area contributed by atoms with E-state index in [1.165, 1.54) is 6.07 Å². The Labute approximate surface area is 123 Å². The summed E-state index contributed by atoms with van der Waals surface area (Å²) in [6.45, 7) is 2.21. The quantitative estimate of drug-likeness (QED) is 0.885. The van der Waals surface area contributed by atoms with Gasteiger partial charge < -0.3 is 10.1 Å². The van der Waals surface area contributed by atoms with E-state index in [1.807, 2.05) is 32.2 Å². The lowest BCUT2D eigenvalue weighted by Crippen LogP contribution is -2.12. The second kappa shape index (κ2) is 6.73. The second-order valence-corrected chi connectivity index (χ2v) is 4.99. The number of benzene rings is 2. The van der Waals surface area contributed by atoms with Crippen LogP contribution in [0.2, 0.25) is 5.02 Å². The molecule has 0 heterocycles. The van der Waals surface area contributed by atoms with Gasteiger partial charge in [0, 0.05) is 11.6 Å². The second-order valence-electron chi connectivity index (χ2n) is 4.58. The zero-order valence-corrected chi connectivity index (χ0v) is 12.2. The topological polar surface area (TPSA) is 21.3 Å². The highest BCUT2D eigenvalue weighted by molar-refractivity contribution is 6.32. The Morgan fingerprint density at radius 2 is 2.00 bits per heavy atom. The average molecular weight is 294 g/mol. The molecule has 1 atom stereocenters. The van der Waals surface area contributed by atoms with E-state index in [1.54, 1.807) is 18.2 Å². The van der Waals surface area contributed by atoms with Crippen LogP contribution >= 0.6 is 11.6 Å². The Bertz CT molecular complexity index is 588. The predicted molar refractivity (Wildman–Crippen MR) is 79.7 cm³/mol. The van der Waals surface area contributed by atoms with Crippen LogP contribution in [0.4, 0.5) is 4.39 Å². The van der Waals surface area contributed by atoms with E-state index in [4.69, 9.17) is 16.3 Å². The lowest BCUT2D eigenvalue weighted by atomic mass is 10.1. The molecule has 106 valence electrons. The van der Waals surface area contributed by atoms with Gasteiger partial charge in [-0.15, -0.1) is 0 Å². The standard InChI is InChI=1S/C16H17ClFNO/c1-11(19-2)12-7-8-16(14(17)9-12)20-10-13-5-3-4-6-15(13)18/h3-9,11,19H,10H2,1-2H3. The SMILES string of the molecule is CNC(C)c1ccc(OCc2ccccc2F)c(Cl)c1. The van der Waals surface area contributed by atoms with E-state index in [-0.39, 0.29) is 18.5 Å². The molecular formula is C16H17ClFNO. The molecule has 2 aromatic rings. The smallest absolute Gasteiger partial charge is 0.138 e. The van der Waals surface area contributed by atoms with Gasteiger partial charge >= 0.3 is 0 Å². The first-order chi connectivity index (χ1) is 9.61. The molecule has 4 heteroatoms. The van der Waals surface area contributed by atoms with E-state index < -0.39 is 0 Å². The Balaban J connectivity index is 2.09. The highest BCUT2D eigenvalue weighted by Crippen LogP contribution is 2.28. The molecule has 0 saturated heterocycles. The minimum atomic E-state index is -0.274. The first kappa shape index (κ1) is 14.8. The minimum Gasteiger partial charge on any atom is -0.487 e. The lowest BCUT2D eigenvalue weighted by molar-refractivity contribution is 0.300. The fourth-order valence-electron chi connectivity index (χ4n) is 1.84. The first-order valence-electron chi connectivity index (χ1n) is 6.44. The number of halogens is 2. The largest absolute Gasteiger partial charge is 0.487 e. The van der Waals surface area contributed by atoms with Crippen molar-refractivity contribution in [2.75, 3.05) is 7.05 Å². The van der Waals surface area contributed by atoms with E-state index >= 15 is 0 Å². The van der Waals surface area contributed by atoms with Crippen molar-refractivity contribution in [2.45, 2.75) is 19.6 Å². The van der Waals surface area contributed by atoms with Crippen LogP contribution in [0.25, 0.3) is 0 Å². The van der Waals surface area contributed by atoms with Gasteiger partial charge in [-0.1, -0.05) is 35.9 Å². The molecule has 2 nitrogen and oxygen atoms in total. The Morgan fingerprint density at radius 1 is 1.25 bits per heavy atom. The molecule has 0 aliphatic carbocycles. The maximum Gasteiger partial charge on any atom is 0.138 e. The predicted octanol–water partition coefficient (Wildman–Crippen LogP) is 4.34. The Morgan fingerprint density at radius 3 is 2.65 bits per heavy atom. The van der Waals surface area contributed by atoms with Crippen LogP contribution in [0.3, 0.4) is 0 Å². The summed E-state index contributed by atoms with van der Waals surface area (Å²) in [6.07, 6.45) is 0. The molecule has 2 rings (SSSR count). The van der Waals surface area contributed by atoms with Gasteiger partial charge in [-0.05, 0) is 37.7 Å². The summed E-state index contributed by atoms with van der Waals surface area (Å²) >= 11 is 6.19. The number of nitrogens with one attached hydrogen (secondary N) is 1. The van der Waals surface area contributed by atoms with Crippen molar-refractivity contribution in [1.29, 1.82) is 0 Å². The van der Waals surface area contributed by atoms with E-state index in [9.17, 15) is 4.39 Å². The Kier molecular flexibility index (Phi) is 4.99. The highest BCUT2D eigenvalue weighted by Gasteiger charge is 2.08. The summed E-state index contributed by atoms with van der Waals surface area (Å²) in [6, 6.07) is 12.4. The third-order valence-electron chi connectivity index (χ3n) is 3.23. The van der Waals surface area contributed by atoms with Gasteiger partial charge in [-0.2, -0.15) is 0 Å². The fourth-order valence-corrected chi connectivity index (χ4v) is 2.08. The summed E-state index contributed by atoms with van der Waals surface area (Å²) in [5.41, 5.74) is 1.59. The molecule has 1 N–H and O–H groups in total. The first-order valence-corrected chi connectivity index (χ1v) is 6.82. The molecule has 0 aromatic heterocycles. The zero-order valence-electron chi connectivity index (χ0n) is 11.5. The molecule has 2 aromatic carbocycles. The van der Waals surface area contributed by atoms with Gasteiger partial charge in [0.1, 0.15) is 18.2 Å². The third-order valence-corrected chi connectivity index (χ3v) is 3.53. The van der Waals surface area contributed by atoms with Crippen LogP contribution in [0.5, 0.6) is 5.75 Å². The van der Waals surface area contributed by atoms with Gasteiger partial charge in [-0.25, -0.2) is 4.39 Å². The maximum absolute atomic E-state index is 13.5. The molecule has 0 radical (unpaired) electrons. The molecule has 20 heavy (non-hydrogen) atoms. The molecule has 1 unspecified atom stereocenters. The minimum absolute atomic E-state index is 0.160. The van der Waals surface area contributed by atoms with E-state index in [0.29, 0.717) is 16.3 Å². The highest BCUT2D eigenvalue weighted by atomic mass is 35.5. The summed E-state index contributed by atoms with van der Waals surface area (Å²) in [4.78, 5) is 0. The number of ether oxygens (including phenoxy) is 1. The molecule has 0 amide bonds. The van der Waals surface area contributed by atoms with Crippen LogP contribution in [0.1, 0.15) is 24.1 Å². The lowest BCUT2D eigenvalue weighted by Gasteiger charge is -2.13. The van der Waals surface area contributed by atoms with Crippen LogP contribution in [-0.4, -0.2) is 7.05 Å². The van der Waals surface area contributed by atoms with Crippen molar-refractivity contribution in [3.8, 4) is 5.75 Å². The molecule has 0 aliphatic heterocycles. The summed E-state index contributed by atoms with van der Waals surface area (Å²) in [5.74, 6) is 0.283. The number of hydrogen-bond donors (Lipinski definition) is 1. The molecule has 0 aliphatic rings. The van der Waals surface area contributed by atoms with Gasteiger partial charge in [0.15, 0.2) is 0 Å². The van der Waals surface area contributed by atoms with Crippen molar-refractivity contribution in [2.24, 2.45) is 0 Å². The van der Waals surface area contributed by atoms with Gasteiger partial charge in [-0.3, -0.25) is 0 Å². The Hall–Kier alpha value is -1.58. The van der Waals surface area contributed by atoms with E-state index in [2.05, 4.69) is 5.32 Å². The van der Waals surface area contributed by atoms with Crippen LogP contribution in [0.15, 0.2) is 42.5 Å². The van der Waals surface area contributed by atoms with Gasteiger partial charge in [0.2, 0.25) is 0 Å². The van der Waals surface area contributed by atoms with Gasteiger partial charge in [0.05, 0.1) is 5.02 Å². The molecule has 0 spiro atoms.